The van der Waals surface area contributed by atoms with E-state index in [1.807, 2.05) is 4.90 Å². The van der Waals surface area contributed by atoms with Gasteiger partial charge in [0.05, 0.1) is 6.54 Å². The van der Waals surface area contributed by atoms with Crippen molar-refractivity contribution >= 4 is 5.91 Å². The van der Waals surface area contributed by atoms with Crippen molar-refractivity contribution in [3.8, 4) is 0 Å². The molecule has 0 aliphatic carbocycles. The fourth-order valence-electron chi connectivity index (χ4n) is 2.57. The van der Waals surface area contributed by atoms with Crippen LogP contribution < -0.4 is 5.73 Å². The molecule has 0 aromatic heterocycles. The van der Waals surface area contributed by atoms with Gasteiger partial charge in [0, 0.05) is 13.1 Å². The number of hydrogen-bond donors (Lipinski definition) is 1. The van der Waals surface area contributed by atoms with E-state index in [0.29, 0.717) is 18.4 Å². The minimum Gasteiger partial charge on any atom is -0.342 e. The Labute approximate surface area is 111 Å². The van der Waals surface area contributed by atoms with Gasteiger partial charge in [0.15, 0.2) is 0 Å². The fraction of sp³-hybridized carbons (Fsp3) is 0.929. The molecule has 1 heterocycles. The van der Waals surface area contributed by atoms with E-state index in [0.717, 1.165) is 58.4 Å². The van der Waals surface area contributed by atoms with E-state index in [1.165, 1.54) is 0 Å². The molecule has 4 heteroatoms. The number of nitrogens with two attached hydrogens (primary N) is 1. The first-order valence-electron chi connectivity index (χ1n) is 7.41. The van der Waals surface area contributed by atoms with Gasteiger partial charge in [-0.05, 0) is 51.2 Å². The molecule has 0 atom stereocenters. The van der Waals surface area contributed by atoms with E-state index in [4.69, 9.17) is 5.73 Å². The van der Waals surface area contributed by atoms with Crippen molar-refractivity contribution in [1.29, 1.82) is 0 Å². The number of carbonyl (C=O) groups is 1. The first-order valence-corrected chi connectivity index (χ1v) is 7.41. The zero-order chi connectivity index (χ0) is 13.4. The number of piperidine rings is 1. The van der Waals surface area contributed by atoms with Crippen LogP contribution in [0.5, 0.6) is 0 Å². The summed E-state index contributed by atoms with van der Waals surface area (Å²) in [5.74, 6) is 0.962. The summed E-state index contributed by atoms with van der Waals surface area (Å²) in [5, 5.41) is 0. The SMILES string of the molecule is CCCN(CCC)C(=O)CN1CCC(CN)CC1. The van der Waals surface area contributed by atoms with Crippen molar-refractivity contribution in [3.05, 3.63) is 0 Å². The van der Waals surface area contributed by atoms with Crippen LogP contribution >= 0.6 is 0 Å². The summed E-state index contributed by atoms with van der Waals surface area (Å²) >= 11 is 0. The molecule has 1 aliphatic rings. The Balaban J connectivity index is 2.34. The van der Waals surface area contributed by atoms with Gasteiger partial charge in [-0.25, -0.2) is 0 Å². The largest absolute Gasteiger partial charge is 0.342 e. The van der Waals surface area contributed by atoms with E-state index in [9.17, 15) is 4.79 Å². The van der Waals surface area contributed by atoms with Crippen LogP contribution in [0.3, 0.4) is 0 Å². The molecule has 1 aliphatic heterocycles. The zero-order valence-electron chi connectivity index (χ0n) is 12.0. The van der Waals surface area contributed by atoms with Crippen LogP contribution in [0.4, 0.5) is 0 Å². The molecule has 4 nitrogen and oxygen atoms in total. The summed E-state index contributed by atoms with van der Waals surface area (Å²) in [4.78, 5) is 16.5. The van der Waals surface area contributed by atoms with Crippen molar-refractivity contribution in [2.24, 2.45) is 11.7 Å². The molecular weight excluding hydrogens is 226 g/mol. The highest BCUT2D eigenvalue weighted by Gasteiger charge is 2.21. The maximum atomic E-state index is 12.2. The number of likely N-dealkylation sites (tertiary alicyclic amines) is 1. The van der Waals surface area contributed by atoms with E-state index in [2.05, 4.69) is 18.7 Å². The lowest BCUT2D eigenvalue weighted by Gasteiger charge is -2.32. The third-order valence-electron chi connectivity index (χ3n) is 3.74. The highest BCUT2D eigenvalue weighted by molar-refractivity contribution is 5.78. The minimum atomic E-state index is 0.296. The predicted molar refractivity (Wildman–Crippen MR) is 75.4 cm³/mol. The number of amides is 1. The third-order valence-corrected chi connectivity index (χ3v) is 3.74. The molecular formula is C14H29N3O. The third kappa shape index (κ3) is 4.94. The second kappa shape index (κ2) is 8.48. The number of nitrogens with zero attached hydrogens (tertiary/aromatic N) is 2. The maximum Gasteiger partial charge on any atom is 0.236 e. The van der Waals surface area contributed by atoms with Crippen LogP contribution in [-0.2, 0) is 4.79 Å². The van der Waals surface area contributed by atoms with E-state index < -0.39 is 0 Å². The van der Waals surface area contributed by atoms with E-state index in [-0.39, 0.29) is 0 Å². The monoisotopic (exact) mass is 255 g/mol. The molecule has 0 saturated carbocycles. The van der Waals surface area contributed by atoms with Gasteiger partial charge in [-0.1, -0.05) is 13.8 Å². The average Bonchev–Trinajstić information content (AvgIpc) is 2.39. The topological polar surface area (TPSA) is 49.6 Å². The molecule has 1 fully saturated rings. The fourth-order valence-corrected chi connectivity index (χ4v) is 2.57. The summed E-state index contributed by atoms with van der Waals surface area (Å²) in [6.07, 6.45) is 4.37. The van der Waals surface area contributed by atoms with E-state index >= 15 is 0 Å². The van der Waals surface area contributed by atoms with Crippen molar-refractivity contribution in [3.63, 3.8) is 0 Å². The van der Waals surface area contributed by atoms with Crippen molar-refractivity contribution in [1.82, 2.24) is 9.80 Å². The standard InChI is InChI=1S/C14H29N3O/c1-3-7-17(8-4-2)14(18)12-16-9-5-13(11-15)6-10-16/h13H,3-12,15H2,1-2H3. The van der Waals surface area contributed by atoms with Crippen LogP contribution in [0.1, 0.15) is 39.5 Å². The van der Waals surface area contributed by atoms with Gasteiger partial charge in [-0.3, -0.25) is 9.69 Å². The lowest BCUT2D eigenvalue weighted by molar-refractivity contribution is -0.132. The summed E-state index contributed by atoms with van der Waals surface area (Å²) in [6.45, 7) is 9.49. The smallest absolute Gasteiger partial charge is 0.236 e. The van der Waals surface area contributed by atoms with Crippen molar-refractivity contribution < 1.29 is 4.79 Å². The molecule has 1 saturated heterocycles. The quantitative estimate of drug-likeness (QED) is 0.746. The van der Waals surface area contributed by atoms with Gasteiger partial charge in [0.1, 0.15) is 0 Å². The van der Waals surface area contributed by atoms with Crippen molar-refractivity contribution in [2.75, 3.05) is 39.3 Å². The summed E-state index contributed by atoms with van der Waals surface area (Å²) in [7, 11) is 0. The highest BCUT2D eigenvalue weighted by atomic mass is 16.2. The van der Waals surface area contributed by atoms with Gasteiger partial charge in [0.2, 0.25) is 5.91 Å². The number of hydrogen-bond acceptors (Lipinski definition) is 3. The molecule has 0 spiro atoms. The molecule has 0 radical (unpaired) electrons. The predicted octanol–water partition coefficient (Wildman–Crippen LogP) is 1.31. The number of carbonyl (C=O) groups excluding carboxylic acids is 1. The Morgan fingerprint density at radius 2 is 1.78 bits per heavy atom. The van der Waals surface area contributed by atoms with Gasteiger partial charge in [-0.15, -0.1) is 0 Å². The molecule has 0 aromatic carbocycles. The normalized spacial score (nSPS) is 17.9. The van der Waals surface area contributed by atoms with Gasteiger partial charge < -0.3 is 10.6 Å². The molecule has 2 N–H and O–H groups in total. The van der Waals surface area contributed by atoms with E-state index in [1.54, 1.807) is 0 Å². The molecule has 0 unspecified atom stereocenters. The molecule has 106 valence electrons. The van der Waals surface area contributed by atoms with Crippen LogP contribution in [0.15, 0.2) is 0 Å². The second-order valence-electron chi connectivity index (χ2n) is 5.34. The summed E-state index contributed by atoms with van der Waals surface area (Å²) in [6, 6.07) is 0. The van der Waals surface area contributed by atoms with Crippen LogP contribution in [0.2, 0.25) is 0 Å². The Kier molecular flexibility index (Phi) is 7.28. The summed E-state index contributed by atoms with van der Waals surface area (Å²) < 4.78 is 0. The van der Waals surface area contributed by atoms with Gasteiger partial charge >= 0.3 is 0 Å². The second-order valence-corrected chi connectivity index (χ2v) is 5.34. The zero-order valence-corrected chi connectivity index (χ0v) is 12.0. The van der Waals surface area contributed by atoms with Crippen molar-refractivity contribution in [2.45, 2.75) is 39.5 Å². The minimum absolute atomic E-state index is 0.296. The molecule has 0 aromatic rings. The Morgan fingerprint density at radius 1 is 1.22 bits per heavy atom. The Hall–Kier alpha value is -0.610. The highest BCUT2D eigenvalue weighted by Crippen LogP contribution is 2.15. The Morgan fingerprint density at radius 3 is 2.22 bits per heavy atom. The molecule has 18 heavy (non-hydrogen) atoms. The lowest BCUT2D eigenvalue weighted by Crippen LogP contribution is -2.44. The van der Waals surface area contributed by atoms with Gasteiger partial charge in [-0.2, -0.15) is 0 Å². The first-order chi connectivity index (χ1) is 8.71. The van der Waals surface area contributed by atoms with Crippen LogP contribution in [-0.4, -0.2) is 55.0 Å². The van der Waals surface area contributed by atoms with Crippen LogP contribution in [0.25, 0.3) is 0 Å². The molecule has 0 bridgehead atoms. The lowest BCUT2D eigenvalue weighted by atomic mass is 9.97. The molecule has 1 amide bonds. The average molecular weight is 255 g/mol. The van der Waals surface area contributed by atoms with Crippen LogP contribution in [0, 0.1) is 5.92 Å². The van der Waals surface area contributed by atoms with Gasteiger partial charge in [0.25, 0.3) is 0 Å². The summed E-state index contributed by atoms with van der Waals surface area (Å²) in [5.41, 5.74) is 5.68. The maximum absolute atomic E-state index is 12.2. The molecule has 1 rings (SSSR count). The number of rotatable bonds is 7. The Bertz CT molecular complexity index is 231. The first kappa shape index (κ1) is 15.4.